The molecule has 0 aliphatic rings. The third kappa shape index (κ3) is 5.98. The highest BCUT2D eigenvalue weighted by Gasteiger charge is 2.19. The van der Waals surface area contributed by atoms with Gasteiger partial charge in [0.2, 0.25) is 0 Å². The molecule has 3 aromatic rings. The van der Waals surface area contributed by atoms with Crippen molar-refractivity contribution < 1.29 is 33.7 Å². The van der Waals surface area contributed by atoms with E-state index in [9.17, 15) is 19.5 Å². The van der Waals surface area contributed by atoms with Gasteiger partial charge >= 0.3 is 17.9 Å². The lowest BCUT2D eigenvalue weighted by Crippen LogP contribution is -2.15. The second kappa shape index (κ2) is 10.3. The Morgan fingerprint density at radius 3 is 1.74 bits per heavy atom. The summed E-state index contributed by atoms with van der Waals surface area (Å²) in [7, 11) is 0. The van der Waals surface area contributed by atoms with Crippen LogP contribution in [-0.2, 0) is 9.59 Å². The van der Waals surface area contributed by atoms with Crippen LogP contribution in [0.1, 0.15) is 24.2 Å². The number of rotatable bonds is 7. The van der Waals surface area contributed by atoms with Crippen LogP contribution in [0.25, 0.3) is 11.1 Å². The van der Waals surface area contributed by atoms with E-state index in [0.29, 0.717) is 5.56 Å². The number of ether oxygens (including phenoxy) is 3. The van der Waals surface area contributed by atoms with Gasteiger partial charge in [-0.1, -0.05) is 31.4 Å². The van der Waals surface area contributed by atoms with Gasteiger partial charge in [-0.05, 0) is 73.5 Å². The fourth-order valence-electron chi connectivity index (χ4n) is 2.73. The van der Waals surface area contributed by atoms with Gasteiger partial charge in [-0.25, -0.2) is 14.4 Å². The number of hydrogen-bond acceptors (Lipinski definition) is 7. The first-order valence-electron chi connectivity index (χ1n) is 10.1. The third-order valence-corrected chi connectivity index (χ3v) is 4.55. The van der Waals surface area contributed by atoms with Gasteiger partial charge in [-0.15, -0.1) is 0 Å². The molecule has 1 N–H and O–H groups in total. The van der Waals surface area contributed by atoms with Gasteiger partial charge in [-0.2, -0.15) is 0 Å². The van der Waals surface area contributed by atoms with Crippen LogP contribution in [-0.4, -0.2) is 23.0 Å². The minimum atomic E-state index is -0.756. The molecule has 0 amide bonds. The van der Waals surface area contributed by atoms with Crippen molar-refractivity contribution in [2.45, 2.75) is 13.8 Å². The first-order chi connectivity index (χ1) is 16.1. The predicted octanol–water partition coefficient (Wildman–Crippen LogP) is 5.24. The zero-order valence-corrected chi connectivity index (χ0v) is 18.7. The van der Waals surface area contributed by atoms with Crippen molar-refractivity contribution in [2.24, 2.45) is 0 Å². The molecule has 0 unspecified atom stereocenters. The Balaban J connectivity index is 1.86. The first-order valence-corrected chi connectivity index (χ1v) is 10.1. The van der Waals surface area contributed by atoms with Gasteiger partial charge in [0, 0.05) is 11.1 Å². The number of carbonyl (C=O) groups excluding carboxylic acids is 3. The molecule has 3 aromatic carbocycles. The SMILES string of the molecule is C=C(C)C(=O)Oc1ccc(OC(=O)c2ccc(-c3ccc(O)cc3)cc2OC(=O)C(=C)C)cc1. The second-order valence-corrected chi connectivity index (χ2v) is 7.46. The van der Waals surface area contributed by atoms with Crippen LogP contribution in [0, 0.1) is 0 Å². The molecular weight excluding hydrogens is 436 g/mol. The van der Waals surface area contributed by atoms with Crippen LogP contribution < -0.4 is 14.2 Å². The second-order valence-electron chi connectivity index (χ2n) is 7.46. The van der Waals surface area contributed by atoms with Crippen LogP contribution in [0.4, 0.5) is 0 Å². The lowest BCUT2D eigenvalue weighted by atomic mass is 10.0. The molecule has 0 atom stereocenters. The fraction of sp³-hybridized carbons (Fsp3) is 0.0741. The number of aromatic hydroxyl groups is 1. The summed E-state index contributed by atoms with van der Waals surface area (Å²) >= 11 is 0. The molecule has 0 aliphatic carbocycles. The monoisotopic (exact) mass is 458 g/mol. The number of benzene rings is 3. The Bertz CT molecular complexity index is 1270. The molecule has 0 heterocycles. The highest BCUT2D eigenvalue weighted by atomic mass is 16.6. The molecule has 0 aliphatic heterocycles. The average Bonchev–Trinajstić information content (AvgIpc) is 2.80. The van der Waals surface area contributed by atoms with Gasteiger partial charge in [0.05, 0.1) is 0 Å². The molecule has 0 bridgehead atoms. The highest BCUT2D eigenvalue weighted by molar-refractivity contribution is 5.97. The molecule has 0 spiro atoms. The molecule has 7 nitrogen and oxygen atoms in total. The van der Waals surface area contributed by atoms with Gasteiger partial charge in [0.15, 0.2) is 0 Å². The van der Waals surface area contributed by atoms with Crippen molar-refractivity contribution in [3.05, 3.63) is 96.6 Å². The van der Waals surface area contributed by atoms with E-state index in [4.69, 9.17) is 14.2 Å². The quantitative estimate of drug-likeness (QED) is 0.294. The summed E-state index contributed by atoms with van der Waals surface area (Å²) in [4.78, 5) is 36.6. The maximum absolute atomic E-state index is 12.9. The Morgan fingerprint density at radius 2 is 1.18 bits per heavy atom. The first kappa shape index (κ1) is 24.0. The van der Waals surface area contributed by atoms with Crippen molar-refractivity contribution in [2.75, 3.05) is 0 Å². The smallest absolute Gasteiger partial charge is 0.347 e. The topological polar surface area (TPSA) is 99.1 Å². The van der Waals surface area contributed by atoms with Crippen LogP contribution >= 0.6 is 0 Å². The summed E-state index contributed by atoms with van der Waals surface area (Å²) in [5.41, 5.74) is 1.84. The molecule has 0 saturated heterocycles. The number of phenolic OH excluding ortho intramolecular Hbond substituents is 1. The Hall–Kier alpha value is -4.65. The van der Waals surface area contributed by atoms with Gasteiger partial charge < -0.3 is 19.3 Å². The Morgan fingerprint density at radius 1 is 0.676 bits per heavy atom. The van der Waals surface area contributed by atoms with Crippen LogP contribution in [0.3, 0.4) is 0 Å². The summed E-state index contributed by atoms with van der Waals surface area (Å²) in [6.07, 6.45) is 0. The van der Waals surface area contributed by atoms with E-state index in [1.807, 2.05) is 0 Å². The Labute approximate surface area is 196 Å². The molecule has 0 fully saturated rings. The van der Waals surface area contributed by atoms with Crippen molar-refractivity contribution in [3.8, 4) is 34.1 Å². The number of hydrogen-bond donors (Lipinski definition) is 1. The third-order valence-electron chi connectivity index (χ3n) is 4.55. The minimum Gasteiger partial charge on any atom is -0.508 e. The lowest BCUT2D eigenvalue weighted by molar-refractivity contribution is -0.131. The molecule has 7 heteroatoms. The van der Waals surface area contributed by atoms with Crippen LogP contribution in [0.5, 0.6) is 23.0 Å². The van der Waals surface area contributed by atoms with Crippen LogP contribution in [0.2, 0.25) is 0 Å². The zero-order valence-electron chi connectivity index (χ0n) is 18.7. The highest BCUT2D eigenvalue weighted by Crippen LogP contribution is 2.30. The molecule has 0 radical (unpaired) electrons. The predicted molar refractivity (Wildman–Crippen MR) is 126 cm³/mol. The van der Waals surface area contributed by atoms with Crippen LogP contribution in [0.15, 0.2) is 91.0 Å². The Kier molecular flexibility index (Phi) is 7.28. The van der Waals surface area contributed by atoms with E-state index >= 15 is 0 Å². The summed E-state index contributed by atoms with van der Waals surface area (Å²) in [5, 5.41) is 9.51. The molecular formula is C27H22O7. The summed E-state index contributed by atoms with van der Waals surface area (Å²) in [5.74, 6) is -1.45. The van der Waals surface area contributed by atoms with E-state index in [2.05, 4.69) is 13.2 Å². The van der Waals surface area contributed by atoms with Gasteiger partial charge in [0.25, 0.3) is 0 Å². The minimum absolute atomic E-state index is 0.00409. The molecule has 0 aromatic heterocycles. The molecule has 34 heavy (non-hydrogen) atoms. The number of carbonyl (C=O) groups is 3. The maximum Gasteiger partial charge on any atom is 0.347 e. The standard InChI is InChI=1S/C27H22O7/c1-16(2)25(29)32-21-10-12-22(13-11-21)33-27(31)23-14-7-19(18-5-8-20(28)9-6-18)15-24(23)34-26(30)17(3)4/h5-15,28H,1,3H2,2,4H3. The van der Waals surface area contributed by atoms with Crippen molar-refractivity contribution in [1.29, 1.82) is 0 Å². The largest absolute Gasteiger partial charge is 0.508 e. The molecule has 3 rings (SSSR count). The molecule has 0 saturated carbocycles. The number of phenols is 1. The lowest BCUT2D eigenvalue weighted by Gasteiger charge is -2.12. The van der Waals surface area contributed by atoms with E-state index in [1.54, 1.807) is 18.2 Å². The summed E-state index contributed by atoms with van der Waals surface area (Å²) in [6, 6.07) is 17.0. The number of esters is 3. The zero-order chi connectivity index (χ0) is 24.8. The summed E-state index contributed by atoms with van der Waals surface area (Å²) < 4.78 is 15.9. The van der Waals surface area contributed by atoms with Crippen molar-refractivity contribution >= 4 is 17.9 Å². The van der Waals surface area contributed by atoms with E-state index in [0.717, 1.165) is 5.56 Å². The molecule has 172 valence electrons. The van der Waals surface area contributed by atoms with E-state index < -0.39 is 17.9 Å². The van der Waals surface area contributed by atoms with Gasteiger partial charge in [0.1, 0.15) is 28.6 Å². The maximum atomic E-state index is 12.9. The fourth-order valence-corrected chi connectivity index (χ4v) is 2.73. The summed E-state index contributed by atoms with van der Waals surface area (Å²) in [6.45, 7) is 10.1. The van der Waals surface area contributed by atoms with E-state index in [-0.39, 0.29) is 39.7 Å². The van der Waals surface area contributed by atoms with Crippen molar-refractivity contribution in [3.63, 3.8) is 0 Å². The van der Waals surface area contributed by atoms with E-state index in [1.165, 1.54) is 62.4 Å². The normalized spacial score (nSPS) is 10.2. The average molecular weight is 458 g/mol. The van der Waals surface area contributed by atoms with Crippen molar-refractivity contribution in [1.82, 2.24) is 0 Å². The van der Waals surface area contributed by atoms with Gasteiger partial charge in [-0.3, -0.25) is 0 Å².